The molecule has 0 spiro atoms. The molecule has 2 aromatic carbocycles. The van der Waals surface area contributed by atoms with Crippen LogP contribution in [0.3, 0.4) is 0 Å². The van der Waals surface area contributed by atoms with Crippen molar-refractivity contribution in [2.75, 3.05) is 11.1 Å². The molecule has 0 saturated heterocycles. The van der Waals surface area contributed by atoms with Crippen molar-refractivity contribution in [1.29, 1.82) is 0 Å². The van der Waals surface area contributed by atoms with Gasteiger partial charge in [0.2, 0.25) is 0 Å². The Morgan fingerprint density at radius 2 is 1.76 bits per heavy atom. The number of aryl methyl sites for hydroxylation is 1. The molecule has 2 aliphatic rings. The molecule has 8 heteroatoms. The van der Waals surface area contributed by atoms with E-state index in [-0.39, 0.29) is 11.8 Å². The van der Waals surface area contributed by atoms with E-state index in [1.54, 1.807) is 17.8 Å². The van der Waals surface area contributed by atoms with Crippen LogP contribution in [-0.2, 0) is 7.05 Å². The first-order valence-electron chi connectivity index (χ1n) is 11.2. The van der Waals surface area contributed by atoms with Crippen LogP contribution in [0.25, 0.3) is 0 Å². The van der Waals surface area contributed by atoms with E-state index in [0.717, 1.165) is 23.8 Å². The first-order valence-corrected chi connectivity index (χ1v) is 13.3. The van der Waals surface area contributed by atoms with Gasteiger partial charge in [0.25, 0.3) is 5.91 Å². The van der Waals surface area contributed by atoms with Crippen LogP contribution in [0.5, 0.6) is 0 Å². The van der Waals surface area contributed by atoms with Gasteiger partial charge in [-0.15, -0.1) is 9.24 Å². The highest BCUT2D eigenvalue weighted by atomic mass is 127. The number of hydrogen-bond donors (Lipinski definition) is 2. The minimum absolute atomic E-state index is 0.225. The maximum Gasteiger partial charge on any atom is 0.261 e. The Kier molecular flexibility index (Phi) is 6.45. The fourth-order valence-electron chi connectivity index (χ4n) is 5.72. The van der Waals surface area contributed by atoms with Crippen molar-refractivity contribution >= 4 is 66.1 Å². The lowest BCUT2D eigenvalue weighted by Gasteiger charge is -2.15. The molecule has 0 bridgehead atoms. The fourth-order valence-corrected chi connectivity index (χ4v) is 6.44. The summed E-state index contributed by atoms with van der Waals surface area (Å²) in [7, 11) is 4.38. The van der Waals surface area contributed by atoms with Crippen molar-refractivity contribution in [1.82, 2.24) is 9.78 Å². The van der Waals surface area contributed by atoms with E-state index >= 15 is 0 Å². The highest BCUT2D eigenvalue weighted by molar-refractivity contribution is 14.1. The number of hydrogen-bond acceptors (Lipinski definition) is 3. The number of carbonyl (C=O) groups is 1. The van der Waals surface area contributed by atoms with Crippen LogP contribution in [-0.4, -0.2) is 15.7 Å². The first-order chi connectivity index (χ1) is 15.8. The predicted molar refractivity (Wildman–Crippen MR) is 146 cm³/mol. The summed E-state index contributed by atoms with van der Waals surface area (Å²) in [5.41, 5.74) is 9.76. The Labute approximate surface area is 215 Å². The largest absolute Gasteiger partial charge is 0.383 e. The second-order valence-corrected chi connectivity index (χ2v) is 11.6. The number of nitrogens with zero attached hydrogens (tertiary/aromatic N) is 2. The van der Waals surface area contributed by atoms with Crippen molar-refractivity contribution in [2.24, 2.45) is 18.9 Å². The van der Waals surface area contributed by atoms with Crippen LogP contribution in [0.1, 0.15) is 59.1 Å². The minimum Gasteiger partial charge on any atom is -0.383 e. The molecule has 3 N–H and O–H groups in total. The summed E-state index contributed by atoms with van der Waals surface area (Å²) in [6.45, 7) is 0. The van der Waals surface area contributed by atoms with Gasteiger partial charge in [0, 0.05) is 27.2 Å². The fraction of sp³-hybridized carbons (Fsp3) is 0.360. The Morgan fingerprint density at radius 1 is 1.12 bits per heavy atom. The molecule has 5 nitrogen and oxygen atoms in total. The number of fused-ring (bicyclic) bond motifs is 1. The van der Waals surface area contributed by atoms with E-state index in [1.165, 1.54) is 22.0 Å². The molecule has 3 aromatic rings. The van der Waals surface area contributed by atoms with Gasteiger partial charge < -0.3 is 11.1 Å². The zero-order valence-electron chi connectivity index (χ0n) is 18.4. The number of amides is 1. The van der Waals surface area contributed by atoms with Gasteiger partial charge in [-0.2, -0.15) is 5.10 Å². The molecule has 2 aliphatic carbocycles. The number of nitrogens with one attached hydrogen (secondary N) is 1. The van der Waals surface area contributed by atoms with Gasteiger partial charge in [0.05, 0.1) is 5.69 Å². The lowest BCUT2D eigenvalue weighted by Crippen LogP contribution is -2.17. The highest BCUT2D eigenvalue weighted by Gasteiger charge is 2.44. The summed E-state index contributed by atoms with van der Waals surface area (Å²) in [5.74, 6) is 2.43. The van der Waals surface area contributed by atoms with Crippen LogP contribution in [0.15, 0.2) is 42.5 Å². The summed E-state index contributed by atoms with van der Waals surface area (Å²) in [6.07, 6.45) is 4.56. The van der Waals surface area contributed by atoms with Crippen molar-refractivity contribution in [3.8, 4) is 0 Å². The van der Waals surface area contributed by atoms with Gasteiger partial charge in [0.1, 0.15) is 11.4 Å². The molecule has 2 saturated carbocycles. The van der Waals surface area contributed by atoms with E-state index < -0.39 is 0 Å². The topological polar surface area (TPSA) is 72.9 Å². The molecule has 5 rings (SSSR count). The molecule has 172 valence electrons. The zero-order valence-corrected chi connectivity index (χ0v) is 22.5. The Balaban J connectivity index is 1.33. The third kappa shape index (κ3) is 4.54. The van der Waals surface area contributed by atoms with Gasteiger partial charge in [0.15, 0.2) is 0 Å². The first kappa shape index (κ1) is 23.1. The van der Waals surface area contributed by atoms with Gasteiger partial charge >= 0.3 is 0 Å². The summed E-state index contributed by atoms with van der Waals surface area (Å²) in [5, 5.41) is 9.14. The monoisotopic (exact) mass is 592 g/mol. The van der Waals surface area contributed by atoms with E-state index in [1.807, 2.05) is 12.1 Å². The standard InChI is InChI=1S/C25H27ClIN4OP/c1-31-24(28)22(25(32)29-19-6-7-21(33)20(26)12-19)23(30-31)17-10-15-8-14(9-16(15)11-17)13-2-4-18(27)5-3-13/h2-7,12,14-17H,8-11,28,33H2,1H3,(H,29,32). The van der Waals surface area contributed by atoms with Crippen molar-refractivity contribution in [3.05, 3.63) is 67.9 Å². The third-order valence-electron chi connectivity index (χ3n) is 7.35. The lowest BCUT2D eigenvalue weighted by atomic mass is 9.90. The molecule has 3 atom stereocenters. The molecule has 2 fully saturated rings. The number of carbonyl (C=O) groups excluding carboxylic acids is 1. The molecule has 1 aromatic heterocycles. The molecular weight excluding hydrogens is 566 g/mol. The second-order valence-electron chi connectivity index (χ2n) is 9.37. The Morgan fingerprint density at radius 3 is 2.39 bits per heavy atom. The normalized spacial score (nSPS) is 24.1. The molecular formula is C25H27ClIN4OP. The molecule has 0 aliphatic heterocycles. The zero-order chi connectivity index (χ0) is 23.3. The van der Waals surface area contributed by atoms with Crippen LogP contribution in [0.2, 0.25) is 5.02 Å². The molecule has 1 amide bonds. The van der Waals surface area contributed by atoms with Crippen molar-refractivity contribution < 1.29 is 4.79 Å². The summed E-state index contributed by atoms with van der Waals surface area (Å²) in [6, 6.07) is 14.4. The van der Waals surface area contributed by atoms with E-state index in [9.17, 15) is 4.79 Å². The molecule has 0 radical (unpaired) electrons. The highest BCUT2D eigenvalue weighted by Crippen LogP contribution is 2.55. The van der Waals surface area contributed by atoms with Gasteiger partial charge in [-0.3, -0.25) is 9.48 Å². The average molecular weight is 593 g/mol. The van der Waals surface area contributed by atoms with E-state index in [2.05, 4.69) is 61.4 Å². The summed E-state index contributed by atoms with van der Waals surface area (Å²) in [4.78, 5) is 13.2. The maximum atomic E-state index is 13.2. The van der Waals surface area contributed by atoms with Gasteiger partial charge in [-0.05, 0) is 101 Å². The minimum atomic E-state index is -0.225. The second kappa shape index (κ2) is 9.20. The van der Waals surface area contributed by atoms with Crippen LogP contribution in [0, 0.1) is 15.4 Å². The molecule has 33 heavy (non-hydrogen) atoms. The van der Waals surface area contributed by atoms with Crippen LogP contribution < -0.4 is 16.4 Å². The van der Waals surface area contributed by atoms with Gasteiger partial charge in [-0.25, -0.2) is 0 Å². The molecule has 3 unspecified atom stereocenters. The smallest absolute Gasteiger partial charge is 0.261 e. The van der Waals surface area contributed by atoms with E-state index in [0.29, 0.717) is 39.8 Å². The lowest BCUT2D eigenvalue weighted by molar-refractivity contribution is 0.102. The average Bonchev–Trinajstić information content (AvgIpc) is 3.43. The van der Waals surface area contributed by atoms with Gasteiger partial charge in [-0.1, -0.05) is 29.8 Å². The molecule has 1 heterocycles. The van der Waals surface area contributed by atoms with Crippen molar-refractivity contribution in [2.45, 2.75) is 37.5 Å². The van der Waals surface area contributed by atoms with E-state index in [4.69, 9.17) is 22.4 Å². The summed E-state index contributed by atoms with van der Waals surface area (Å²) < 4.78 is 2.91. The number of anilines is 2. The number of nitrogens with two attached hydrogens (primary N) is 1. The number of rotatable bonds is 4. The van der Waals surface area contributed by atoms with Crippen LogP contribution in [0.4, 0.5) is 11.5 Å². The number of benzene rings is 2. The number of halogens is 2. The summed E-state index contributed by atoms with van der Waals surface area (Å²) >= 11 is 8.58. The number of aromatic nitrogens is 2. The SMILES string of the molecule is Cn1nc(C2CC3CC(c4ccc(I)cc4)CC3C2)c(C(=O)Nc2ccc(P)c(Cl)c2)c1N. The quantitative estimate of drug-likeness (QED) is 0.302. The Bertz CT molecular complexity index is 1200. The Hall–Kier alpha value is -1.63. The predicted octanol–water partition coefficient (Wildman–Crippen LogP) is 5.70. The third-order valence-corrected chi connectivity index (χ3v) is 9.08. The number of nitrogen functional groups attached to an aromatic ring is 1. The maximum absolute atomic E-state index is 13.2. The van der Waals surface area contributed by atoms with Crippen LogP contribution >= 0.6 is 43.4 Å². The van der Waals surface area contributed by atoms with Crippen molar-refractivity contribution in [3.63, 3.8) is 0 Å².